The summed E-state index contributed by atoms with van der Waals surface area (Å²) < 4.78 is 0. The molecule has 0 spiro atoms. The Bertz CT molecular complexity index is 181. The molecule has 4 N–H and O–H groups in total. The zero-order valence-corrected chi connectivity index (χ0v) is 7.07. The number of nitrogens with two attached hydrogens (primary N) is 1. The average Bonchev–Trinajstić information content (AvgIpc) is 1.84. The van der Waals surface area contributed by atoms with Crippen LogP contribution < -0.4 is 11.2 Å². The van der Waals surface area contributed by atoms with E-state index >= 15 is 0 Å². The molecule has 0 fully saturated rings. The number of nitrogens with one attached hydrogen (secondary N) is 1. The molecule has 0 rings (SSSR count). The molecule has 0 heterocycles. The molecule has 1 unspecified atom stereocenters. The van der Waals surface area contributed by atoms with Gasteiger partial charge in [0.15, 0.2) is 0 Å². The quantitative estimate of drug-likeness (QED) is 0.446. The van der Waals surface area contributed by atoms with Crippen molar-refractivity contribution in [1.29, 1.82) is 0 Å². The molecule has 0 aromatic carbocycles. The highest BCUT2D eigenvalue weighted by Crippen LogP contribution is 1.87. The topological polar surface area (TPSA) is 95.7 Å². The lowest BCUT2D eigenvalue weighted by Gasteiger charge is -2.14. The zero-order chi connectivity index (χ0) is 9.72. The number of hydrogen-bond donors (Lipinski definition) is 3. The van der Waals surface area contributed by atoms with Crippen molar-refractivity contribution in [1.82, 2.24) is 10.4 Å². The first-order valence-electron chi connectivity index (χ1n) is 3.38. The van der Waals surface area contributed by atoms with Crippen LogP contribution in [0.3, 0.4) is 0 Å². The van der Waals surface area contributed by atoms with Gasteiger partial charge in [-0.2, -0.15) is 0 Å². The summed E-state index contributed by atoms with van der Waals surface area (Å²) in [6, 6.07) is -0.995. The van der Waals surface area contributed by atoms with E-state index in [0.29, 0.717) is 0 Å². The fraction of sp³-hybridized carbons (Fsp3) is 0.667. The third-order valence-corrected chi connectivity index (χ3v) is 1.07. The van der Waals surface area contributed by atoms with E-state index in [4.69, 9.17) is 10.8 Å². The minimum atomic E-state index is -1.09. The molecule has 6 heteroatoms. The number of carboxylic acid groups (broad SMARTS) is 1. The first-order valence-corrected chi connectivity index (χ1v) is 3.38. The Hall–Kier alpha value is -1.14. The van der Waals surface area contributed by atoms with E-state index in [0.717, 1.165) is 0 Å². The lowest BCUT2D eigenvalue weighted by Crippen LogP contribution is -2.47. The fourth-order valence-corrected chi connectivity index (χ4v) is 0.584. The molecule has 0 aliphatic carbocycles. The van der Waals surface area contributed by atoms with E-state index in [2.05, 4.69) is 5.43 Å². The second kappa shape index (κ2) is 4.68. The average molecular weight is 175 g/mol. The van der Waals surface area contributed by atoms with Crippen LogP contribution in [0.15, 0.2) is 0 Å². The molecule has 0 radical (unpaired) electrons. The highest BCUT2D eigenvalue weighted by atomic mass is 16.4. The van der Waals surface area contributed by atoms with Crippen molar-refractivity contribution in [3.63, 3.8) is 0 Å². The second-order valence-corrected chi connectivity index (χ2v) is 2.57. The zero-order valence-electron chi connectivity index (χ0n) is 7.07. The highest BCUT2D eigenvalue weighted by molar-refractivity contribution is 5.85. The first kappa shape index (κ1) is 10.9. The van der Waals surface area contributed by atoms with Crippen LogP contribution in [0.4, 0.5) is 0 Å². The molecule has 0 aromatic rings. The predicted octanol–water partition coefficient (Wildman–Crippen LogP) is -1.62. The summed E-state index contributed by atoms with van der Waals surface area (Å²) in [7, 11) is 3.23. The number of amides is 1. The first-order chi connectivity index (χ1) is 5.43. The highest BCUT2D eigenvalue weighted by Gasteiger charge is 2.16. The van der Waals surface area contributed by atoms with Crippen molar-refractivity contribution < 1.29 is 14.7 Å². The largest absolute Gasteiger partial charge is 0.481 e. The van der Waals surface area contributed by atoms with Gasteiger partial charge in [-0.25, -0.2) is 5.01 Å². The number of rotatable bonds is 4. The summed E-state index contributed by atoms with van der Waals surface area (Å²) in [5.41, 5.74) is 7.60. The number of aliphatic carboxylic acids is 1. The molecular weight excluding hydrogens is 162 g/mol. The van der Waals surface area contributed by atoms with Crippen LogP contribution in [0, 0.1) is 0 Å². The number of carbonyl (C=O) groups excluding carboxylic acids is 1. The Balaban J connectivity index is 3.85. The molecule has 1 amide bonds. The van der Waals surface area contributed by atoms with Crippen LogP contribution in [0.2, 0.25) is 0 Å². The van der Waals surface area contributed by atoms with E-state index < -0.39 is 17.9 Å². The molecule has 0 aliphatic rings. The van der Waals surface area contributed by atoms with E-state index in [1.165, 1.54) is 5.01 Å². The van der Waals surface area contributed by atoms with E-state index in [1.54, 1.807) is 14.1 Å². The summed E-state index contributed by atoms with van der Waals surface area (Å²) in [4.78, 5) is 21.1. The minimum absolute atomic E-state index is 0.361. The van der Waals surface area contributed by atoms with Gasteiger partial charge in [0.05, 0.1) is 12.5 Å². The molecule has 0 saturated carbocycles. The summed E-state index contributed by atoms with van der Waals surface area (Å²) >= 11 is 0. The number of carboxylic acids is 1. The maximum Gasteiger partial charge on any atom is 0.305 e. The molecule has 0 bridgehead atoms. The Kier molecular flexibility index (Phi) is 4.24. The summed E-state index contributed by atoms with van der Waals surface area (Å²) in [5, 5.41) is 9.70. The Labute approximate surface area is 70.3 Å². The van der Waals surface area contributed by atoms with E-state index in [-0.39, 0.29) is 6.42 Å². The van der Waals surface area contributed by atoms with Gasteiger partial charge < -0.3 is 10.8 Å². The van der Waals surface area contributed by atoms with Crippen LogP contribution >= 0.6 is 0 Å². The predicted molar refractivity (Wildman–Crippen MR) is 42.1 cm³/mol. The van der Waals surface area contributed by atoms with Crippen LogP contribution in [0.25, 0.3) is 0 Å². The number of carbonyl (C=O) groups is 2. The molecule has 70 valence electrons. The van der Waals surface area contributed by atoms with E-state index in [9.17, 15) is 9.59 Å². The molecule has 0 aromatic heterocycles. The summed E-state index contributed by atoms with van der Waals surface area (Å²) in [6.45, 7) is 0. The lowest BCUT2D eigenvalue weighted by atomic mass is 10.2. The SMILES string of the molecule is CN(C)NC(=O)C(N)CC(=O)O. The maximum atomic E-state index is 10.9. The Morgan fingerprint density at radius 2 is 2.08 bits per heavy atom. The summed E-state index contributed by atoms with van der Waals surface area (Å²) in [5.74, 6) is -1.58. The second-order valence-electron chi connectivity index (χ2n) is 2.57. The number of hydrazine groups is 1. The summed E-state index contributed by atoms with van der Waals surface area (Å²) in [6.07, 6.45) is -0.361. The Morgan fingerprint density at radius 3 is 2.42 bits per heavy atom. The lowest BCUT2D eigenvalue weighted by molar-refractivity contribution is -0.140. The number of nitrogens with zero attached hydrogens (tertiary/aromatic N) is 1. The minimum Gasteiger partial charge on any atom is -0.481 e. The third kappa shape index (κ3) is 4.64. The fourth-order valence-electron chi connectivity index (χ4n) is 0.584. The monoisotopic (exact) mass is 175 g/mol. The van der Waals surface area contributed by atoms with Crippen LogP contribution in [0.5, 0.6) is 0 Å². The maximum absolute atomic E-state index is 10.9. The van der Waals surface area contributed by atoms with Gasteiger partial charge in [0, 0.05) is 14.1 Å². The van der Waals surface area contributed by atoms with Crippen molar-refractivity contribution in [3.8, 4) is 0 Å². The molecular formula is C6H13N3O3. The molecule has 1 atom stereocenters. The molecule has 6 nitrogen and oxygen atoms in total. The molecule has 0 saturated heterocycles. The normalized spacial score (nSPS) is 12.7. The van der Waals surface area contributed by atoms with Crippen LogP contribution in [0.1, 0.15) is 6.42 Å². The molecule has 12 heavy (non-hydrogen) atoms. The van der Waals surface area contributed by atoms with Crippen molar-refractivity contribution in [2.75, 3.05) is 14.1 Å². The molecule has 0 aliphatic heterocycles. The Morgan fingerprint density at radius 1 is 1.58 bits per heavy atom. The number of hydrogen-bond acceptors (Lipinski definition) is 4. The van der Waals surface area contributed by atoms with Gasteiger partial charge in [-0.1, -0.05) is 0 Å². The van der Waals surface area contributed by atoms with Gasteiger partial charge in [0.2, 0.25) is 0 Å². The van der Waals surface area contributed by atoms with Crippen LogP contribution in [-0.2, 0) is 9.59 Å². The van der Waals surface area contributed by atoms with E-state index in [1.807, 2.05) is 0 Å². The van der Waals surface area contributed by atoms with Crippen molar-refractivity contribution in [2.24, 2.45) is 5.73 Å². The third-order valence-electron chi connectivity index (χ3n) is 1.07. The van der Waals surface area contributed by atoms with Gasteiger partial charge in [-0.05, 0) is 0 Å². The van der Waals surface area contributed by atoms with Crippen molar-refractivity contribution >= 4 is 11.9 Å². The van der Waals surface area contributed by atoms with Crippen molar-refractivity contribution in [3.05, 3.63) is 0 Å². The van der Waals surface area contributed by atoms with Gasteiger partial charge >= 0.3 is 5.97 Å². The van der Waals surface area contributed by atoms with Crippen LogP contribution in [-0.4, -0.2) is 42.1 Å². The standard InChI is InChI=1S/C6H13N3O3/c1-9(2)8-6(12)4(7)3-5(10)11/h4H,3,7H2,1-2H3,(H,8,12)(H,10,11). The van der Waals surface area contributed by atoms with Gasteiger partial charge in [0.25, 0.3) is 5.91 Å². The van der Waals surface area contributed by atoms with Gasteiger partial charge in [-0.3, -0.25) is 15.0 Å². The van der Waals surface area contributed by atoms with Crippen molar-refractivity contribution in [2.45, 2.75) is 12.5 Å². The van der Waals surface area contributed by atoms with Gasteiger partial charge in [0.1, 0.15) is 0 Å². The van der Waals surface area contributed by atoms with Gasteiger partial charge in [-0.15, -0.1) is 0 Å². The smallest absolute Gasteiger partial charge is 0.305 e.